The van der Waals surface area contributed by atoms with E-state index in [2.05, 4.69) is 9.97 Å². The number of benzene rings is 1. The summed E-state index contributed by atoms with van der Waals surface area (Å²) in [6, 6.07) is 15.4. The summed E-state index contributed by atoms with van der Waals surface area (Å²) >= 11 is 0. The van der Waals surface area contributed by atoms with Gasteiger partial charge in [0.25, 0.3) is 5.91 Å². The number of aliphatic hydroxyl groups excluding tert-OH is 2. The van der Waals surface area contributed by atoms with Crippen LogP contribution in [-0.4, -0.2) is 63.3 Å². The van der Waals surface area contributed by atoms with Crippen molar-refractivity contribution in [1.82, 2.24) is 14.9 Å². The SMILES string of the molecule is CN(Cc1ccc2ccccc2n1)C(=O)c1ccc(N2CC[C@H](O)[C@@H](O)C2)nc1. The van der Waals surface area contributed by atoms with Crippen molar-refractivity contribution in [1.29, 1.82) is 0 Å². The van der Waals surface area contributed by atoms with Gasteiger partial charge in [-0.1, -0.05) is 24.3 Å². The summed E-state index contributed by atoms with van der Waals surface area (Å²) < 4.78 is 0. The minimum absolute atomic E-state index is 0.131. The van der Waals surface area contributed by atoms with Crippen molar-refractivity contribution in [3.05, 3.63) is 66.0 Å². The van der Waals surface area contributed by atoms with Crippen LogP contribution in [0.1, 0.15) is 22.5 Å². The first-order valence-electron chi connectivity index (χ1n) is 9.68. The number of carbonyl (C=O) groups excluding carboxylic acids is 1. The lowest BCUT2D eigenvalue weighted by Crippen LogP contribution is -2.47. The molecule has 1 saturated heterocycles. The number of hydrogen-bond acceptors (Lipinski definition) is 6. The minimum atomic E-state index is -0.785. The van der Waals surface area contributed by atoms with Gasteiger partial charge in [-0.2, -0.15) is 0 Å². The molecule has 0 aliphatic carbocycles. The molecule has 1 aliphatic rings. The maximum atomic E-state index is 12.8. The Balaban J connectivity index is 1.43. The van der Waals surface area contributed by atoms with E-state index in [4.69, 9.17) is 0 Å². The standard InChI is InChI=1S/C22H24N4O3/c1-25(13-17-8-6-15-4-2-3-5-18(15)24-17)22(29)16-7-9-21(23-12-16)26-11-10-19(27)20(28)14-26/h2-9,12,19-20,27-28H,10-11,13-14H2,1H3/t19-,20-/m0/s1. The summed E-state index contributed by atoms with van der Waals surface area (Å²) in [7, 11) is 1.75. The highest BCUT2D eigenvalue weighted by Gasteiger charge is 2.26. The second-order valence-electron chi connectivity index (χ2n) is 7.43. The van der Waals surface area contributed by atoms with E-state index in [1.807, 2.05) is 41.3 Å². The van der Waals surface area contributed by atoms with Crippen LogP contribution in [0.3, 0.4) is 0 Å². The predicted molar refractivity (Wildman–Crippen MR) is 111 cm³/mol. The van der Waals surface area contributed by atoms with E-state index in [1.54, 1.807) is 30.3 Å². The summed E-state index contributed by atoms with van der Waals surface area (Å²) in [6.07, 6.45) is 0.571. The number of hydrogen-bond donors (Lipinski definition) is 2. The number of anilines is 1. The Bertz CT molecular complexity index is 1010. The van der Waals surface area contributed by atoms with Gasteiger partial charge in [0, 0.05) is 31.7 Å². The average molecular weight is 392 g/mol. The van der Waals surface area contributed by atoms with Crippen LogP contribution in [0.4, 0.5) is 5.82 Å². The van der Waals surface area contributed by atoms with E-state index in [-0.39, 0.29) is 5.91 Å². The van der Waals surface area contributed by atoms with Crippen LogP contribution in [0, 0.1) is 0 Å². The molecule has 29 heavy (non-hydrogen) atoms. The third-order valence-corrected chi connectivity index (χ3v) is 5.27. The fourth-order valence-corrected chi connectivity index (χ4v) is 3.56. The zero-order valence-corrected chi connectivity index (χ0v) is 16.3. The molecule has 1 fully saturated rings. The summed E-state index contributed by atoms with van der Waals surface area (Å²) in [6.45, 7) is 1.35. The molecule has 150 valence electrons. The molecule has 0 unspecified atom stereocenters. The van der Waals surface area contributed by atoms with Crippen molar-refractivity contribution in [3.8, 4) is 0 Å². The maximum Gasteiger partial charge on any atom is 0.255 e. The summed E-state index contributed by atoms with van der Waals surface area (Å²) in [4.78, 5) is 25.3. The molecule has 0 spiro atoms. The molecule has 3 aromatic rings. The lowest BCUT2D eigenvalue weighted by molar-refractivity contribution is 0.00786. The molecule has 2 N–H and O–H groups in total. The molecule has 0 saturated carbocycles. The van der Waals surface area contributed by atoms with E-state index in [0.29, 0.717) is 37.4 Å². The molecule has 7 heteroatoms. The van der Waals surface area contributed by atoms with Gasteiger partial charge in [0.05, 0.1) is 35.5 Å². The first kappa shape index (κ1) is 19.3. The zero-order valence-electron chi connectivity index (χ0n) is 16.3. The lowest BCUT2D eigenvalue weighted by atomic mass is 10.1. The first-order valence-corrected chi connectivity index (χ1v) is 9.68. The monoisotopic (exact) mass is 392 g/mol. The van der Waals surface area contributed by atoms with Crippen LogP contribution in [0.5, 0.6) is 0 Å². The number of fused-ring (bicyclic) bond motifs is 1. The Kier molecular flexibility index (Phi) is 5.42. The van der Waals surface area contributed by atoms with Crippen LogP contribution in [0.25, 0.3) is 10.9 Å². The van der Waals surface area contributed by atoms with Crippen LogP contribution in [0.15, 0.2) is 54.7 Å². The molecule has 1 aromatic carbocycles. The highest BCUT2D eigenvalue weighted by atomic mass is 16.3. The third kappa shape index (κ3) is 4.21. The number of pyridine rings is 2. The number of nitrogens with zero attached hydrogens (tertiary/aromatic N) is 4. The van der Waals surface area contributed by atoms with Gasteiger partial charge in [-0.3, -0.25) is 9.78 Å². The quantitative estimate of drug-likeness (QED) is 0.704. The van der Waals surface area contributed by atoms with Gasteiger partial charge in [-0.05, 0) is 30.7 Å². The lowest BCUT2D eigenvalue weighted by Gasteiger charge is -2.34. The molecule has 3 heterocycles. The zero-order chi connectivity index (χ0) is 20.4. The number of para-hydroxylation sites is 1. The van der Waals surface area contributed by atoms with E-state index in [9.17, 15) is 15.0 Å². The summed E-state index contributed by atoms with van der Waals surface area (Å²) in [5.41, 5.74) is 2.23. The number of piperidine rings is 1. The number of rotatable bonds is 4. The Morgan fingerprint density at radius 3 is 2.72 bits per heavy atom. The smallest absolute Gasteiger partial charge is 0.255 e. The molecule has 7 nitrogen and oxygen atoms in total. The van der Waals surface area contributed by atoms with Crippen LogP contribution in [0.2, 0.25) is 0 Å². The number of aliphatic hydroxyl groups is 2. The summed E-state index contributed by atoms with van der Waals surface area (Å²) in [5.74, 6) is 0.555. The first-order chi connectivity index (χ1) is 14.0. The summed E-state index contributed by atoms with van der Waals surface area (Å²) in [5, 5.41) is 20.6. The molecule has 1 aliphatic heterocycles. The minimum Gasteiger partial charge on any atom is -0.390 e. The van der Waals surface area contributed by atoms with E-state index in [0.717, 1.165) is 16.6 Å². The van der Waals surface area contributed by atoms with Gasteiger partial charge in [-0.15, -0.1) is 0 Å². The Labute approximate surface area is 169 Å². The molecule has 0 radical (unpaired) electrons. The van der Waals surface area contributed by atoms with Crippen molar-refractivity contribution in [2.75, 3.05) is 25.0 Å². The van der Waals surface area contributed by atoms with E-state index < -0.39 is 12.2 Å². The average Bonchev–Trinajstić information content (AvgIpc) is 2.75. The van der Waals surface area contributed by atoms with Crippen molar-refractivity contribution in [2.45, 2.75) is 25.2 Å². The second-order valence-corrected chi connectivity index (χ2v) is 7.43. The van der Waals surface area contributed by atoms with E-state index >= 15 is 0 Å². The van der Waals surface area contributed by atoms with Gasteiger partial charge in [0.15, 0.2) is 0 Å². The molecule has 0 bridgehead atoms. The van der Waals surface area contributed by atoms with Crippen LogP contribution in [-0.2, 0) is 6.54 Å². The highest BCUT2D eigenvalue weighted by molar-refractivity contribution is 5.94. The van der Waals surface area contributed by atoms with Gasteiger partial charge in [0.1, 0.15) is 5.82 Å². The molecule has 4 rings (SSSR count). The second kappa shape index (κ2) is 8.14. The van der Waals surface area contributed by atoms with Crippen LogP contribution >= 0.6 is 0 Å². The number of amides is 1. The van der Waals surface area contributed by atoms with Crippen molar-refractivity contribution in [2.24, 2.45) is 0 Å². The van der Waals surface area contributed by atoms with Crippen molar-refractivity contribution in [3.63, 3.8) is 0 Å². The fourth-order valence-electron chi connectivity index (χ4n) is 3.56. The molecule has 2 aromatic heterocycles. The molecule has 1 amide bonds. The number of aromatic nitrogens is 2. The largest absolute Gasteiger partial charge is 0.390 e. The number of β-amino-alcohol motifs (C(OH)–C–C–N with tert-alkyl or cyclic N) is 1. The Morgan fingerprint density at radius 2 is 1.97 bits per heavy atom. The third-order valence-electron chi connectivity index (χ3n) is 5.27. The van der Waals surface area contributed by atoms with Gasteiger partial charge in [0.2, 0.25) is 0 Å². The normalized spacial score (nSPS) is 19.3. The van der Waals surface area contributed by atoms with Crippen molar-refractivity contribution < 1.29 is 15.0 Å². The topological polar surface area (TPSA) is 89.8 Å². The molecular formula is C22H24N4O3. The Hall–Kier alpha value is -3.03. The van der Waals surface area contributed by atoms with Crippen LogP contribution < -0.4 is 4.90 Å². The Morgan fingerprint density at radius 1 is 1.14 bits per heavy atom. The number of carbonyl (C=O) groups is 1. The van der Waals surface area contributed by atoms with Gasteiger partial charge >= 0.3 is 0 Å². The maximum absolute atomic E-state index is 12.8. The fraction of sp³-hybridized carbons (Fsp3) is 0.318. The predicted octanol–water partition coefficient (Wildman–Crippen LogP) is 1.83. The van der Waals surface area contributed by atoms with Gasteiger partial charge < -0.3 is 20.0 Å². The molecular weight excluding hydrogens is 368 g/mol. The van der Waals surface area contributed by atoms with E-state index in [1.165, 1.54) is 0 Å². The van der Waals surface area contributed by atoms with Gasteiger partial charge in [-0.25, -0.2) is 4.98 Å². The highest BCUT2D eigenvalue weighted by Crippen LogP contribution is 2.19. The van der Waals surface area contributed by atoms with Crippen molar-refractivity contribution >= 4 is 22.6 Å². The molecule has 2 atom stereocenters.